The molecule has 0 radical (unpaired) electrons. The topological polar surface area (TPSA) is 78.9 Å². The summed E-state index contributed by atoms with van der Waals surface area (Å²) in [5, 5.41) is 9.76. The maximum absolute atomic E-state index is 11.8. The smallest absolute Gasteiger partial charge is 0.240 e. The Morgan fingerprint density at radius 3 is 2.52 bits per heavy atom. The summed E-state index contributed by atoms with van der Waals surface area (Å²) < 4.78 is 31.5. The van der Waals surface area contributed by atoms with Crippen LogP contribution in [0.25, 0.3) is 0 Å². The Hall–Kier alpha value is -0.990. The minimum Gasteiger partial charge on any atom is -0.395 e. The van der Waals surface area contributed by atoms with Gasteiger partial charge in [0.05, 0.1) is 11.5 Å². The number of nitrogens with one attached hydrogen (secondary N) is 1. The van der Waals surface area contributed by atoms with Crippen molar-refractivity contribution in [2.45, 2.75) is 43.2 Å². The van der Waals surface area contributed by atoms with E-state index in [1.165, 1.54) is 7.05 Å². The highest BCUT2D eigenvalue weighted by atomic mass is 32.2. The van der Waals surface area contributed by atoms with E-state index >= 15 is 0 Å². The van der Waals surface area contributed by atoms with Gasteiger partial charge in [0.2, 0.25) is 10.0 Å². The van der Waals surface area contributed by atoms with E-state index in [-0.39, 0.29) is 17.5 Å². The molecule has 2 N–H and O–H groups in total. The van der Waals surface area contributed by atoms with E-state index in [0.29, 0.717) is 5.41 Å². The number of hydrogen-bond acceptors (Lipinski definition) is 5. The molecule has 1 aromatic rings. The van der Waals surface area contributed by atoms with Crippen LogP contribution >= 0.6 is 0 Å². The van der Waals surface area contributed by atoms with Gasteiger partial charge < -0.3 is 9.84 Å². The molecule has 0 amide bonds. The molecule has 2 aliphatic rings. The van der Waals surface area contributed by atoms with E-state index in [2.05, 4.69) is 9.62 Å². The summed E-state index contributed by atoms with van der Waals surface area (Å²) in [6.07, 6.45) is 4.32. The standard InChI is InChI=1S/C18H28N2O4S/c1-19-25(22,23)17-4-2-15(3-5-17)12-20-14-18(7-6-16(20)13-21)8-10-24-11-9-18/h2-5,16,19,21H,6-14H2,1H3. The molecule has 0 saturated carbocycles. The predicted molar refractivity (Wildman–Crippen MR) is 95.7 cm³/mol. The van der Waals surface area contributed by atoms with E-state index in [1.54, 1.807) is 12.1 Å². The van der Waals surface area contributed by atoms with Crippen molar-refractivity contribution in [2.75, 3.05) is 33.4 Å². The van der Waals surface area contributed by atoms with Crippen molar-refractivity contribution in [1.82, 2.24) is 9.62 Å². The molecule has 25 heavy (non-hydrogen) atoms. The number of hydrogen-bond donors (Lipinski definition) is 2. The zero-order valence-corrected chi connectivity index (χ0v) is 15.6. The lowest BCUT2D eigenvalue weighted by Crippen LogP contribution is -2.51. The Balaban J connectivity index is 1.72. The lowest BCUT2D eigenvalue weighted by Gasteiger charge is -2.48. The average molecular weight is 368 g/mol. The highest BCUT2D eigenvalue weighted by Gasteiger charge is 2.40. The molecule has 0 bridgehead atoms. The molecule has 2 heterocycles. The van der Waals surface area contributed by atoms with Crippen LogP contribution in [0.4, 0.5) is 0 Å². The van der Waals surface area contributed by atoms with Gasteiger partial charge in [-0.1, -0.05) is 12.1 Å². The highest BCUT2D eigenvalue weighted by Crippen LogP contribution is 2.41. The Kier molecular flexibility index (Phi) is 5.80. The molecule has 7 heteroatoms. The molecular formula is C18H28N2O4S. The normalized spacial score (nSPS) is 24.5. The summed E-state index contributed by atoms with van der Waals surface area (Å²) in [5.41, 5.74) is 1.37. The Labute approximate surface area is 150 Å². The monoisotopic (exact) mass is 368 g/mol. The first-order valence-corrected chi connectivity index (χ1v) is 10.4. The Morgan fingerprint density at radius 2 is 1.92 bits per heavy atom. The van der Waals surface area contributed by atoms with E-state index in [9.17, 15) is 13.5 Å². The number of ether oxygens (including phenoxy) is 1. The van der Waals surface area contributed by atoms with Crippen LogP contribution in [0.3, 0.4) is 0 Å². The van der Waals surface area contributed by atoms with Gasteiger partial charge in [0.1, 0.15) is 0 Å². The van der Waals surface area contributed by atoms with Gasteiger partial charge in [-0.15, -0.1) is 0 Å². The number of nitrogens with zero attached hydrogens (tertiary/aromatic N) is 1. The van der Waals surface area contributed by atoms with Crippen molar-refractivity contribution in [3.05, 3.63) is 29.8 Å². The van der Waals surface area contributed by atoms with Gasteiger partial charge in [-0.25, -0.2) is 13.1 Å². The van der Waals surface area contributed by atoms with Gasteiger partial charge in [-0.05, 0) is 55.8 Å². The molecule has 2 fully saturated rings. The van der Waals surface area contributed by atoms with Crippen molar-refractivity contribution in [2.24, 2.45) is 5.41 Å². The summed E-state index contributed by atoms with van der Waals surface area (Å²) in [5.74, 6) is 0. The van der Waals surface area contributed by atoms with Gasteiger partial charge in [-0.3, -0.25) is 4.90 Å². The Bertz CT molecular complexity index is 669. The maximum atomic E-state index is 11.8. The second-order valence-corrected chi connectivity index (χ2v) is 9.13. The number of sulfonamides is 1. The van der Waals surface area contributed by atoms with Crippen molar-refractivity contribution < 1.29 is 18.3 Å². The fourth-order valence-corrected chi connectivity index (χ4v) is 4.76. The van der Waals surface area contributed by atoms with Crippen molar-refractivity contribution in [1.29, 1.82) is 0 Å². The number of aliphatic hydroxyl groups is 1. The third-order valence-corrected chi connectivity index (χ3v) is 7.15. The molecular weight excluding hydrogens is 340 g/mol. The summed E-state index contributed by atoms with van der Waals surface area (Å²) in [7, 11) is -1.99. The van der Waals surface area contributed by atoms with E-state index in [0.717, 1.165) is 57.6 Å². The van der Waals surface area contributed by atoms with E-state index in [1.807, 2.05) is 12.1 Å². The predicted octanol–water partition coefficient (Wildman–Crippen LogP) is 1.35. The molecule has 1 atom stereocenters. The van der Waals surface area contributed by atoms with Gasteiger partial charge in [0.25, 0.3) is 0 Å². The summed E-state index contributed by atoms with van der Waals surface area (Å²) in [4.78, 5) is 2.63. The number of aliphatic hydroxyl groups excluding tert-OH is 1. The largest absolute Gasteiger partial charge is 0.395 e. The van der Waals surface area contributed by atoms with Crippen LogP contribution in [0.1, 0.15) is 31.2 Å². The zero-order valence-electron chi connectivity index (χ0n) is 14.8. The molecule has 0 aliphatic carbocycles. The lowest BCUT2D eigenvalue weighted by molar-refractivity contribution is -0.0550. The van der Waals surface area contributed by atoms with Crippen LogP contribution < -0.4 is 4.72 Å². The van der Waals surface area contributed by atoms with E-state index < -0.39 is 10.0 Å². The zero-order chi connectivity index (χ0) is 17.9. The summed E-state index contributed by atoms with van der Waals surface area (Å²) in [6.45, 7) is 3.52. The second-order valence-electron chi connectivity index (χ2n) is 7.24. The van der Waals surface area contributed by atoms with Crippen molar-refractivity contribution in [3.8, 4) is 0 Å². The number of piperidine rings is 1. The first kappa shape index (κ1) is 18.8. The fourth-order valence-electron chi connectivity index (χ4n) is 4.03. The summed E-state index contributed by atoms with van der Waals surface area (Å²) >= 11 is 0. The first-order chi connectivity index (χ1) is 12.0. The SMILES string of the molecule is CNS(=O)(=O)c1ccc(CN2CC3(CCOCC3)CCC2CO)cc1. The molecule has 1 aromatic carbocycles. The van der Waals surface area contributed by atoms with E-state index in [4.69, 9.17) is 4.74 Å². The minimum absolute atomic E-state index is 0.165. The van der Waals surface area contributed by atoms with Gasteiger partial charge in [0, 0.05) is 32.3 Å². The maximum Gasteiger partial charge on any atom is 0.240 e. The van der Waals surface area contributed by atoms with Crippen LogP contribution in [0.15, 0.2) is 29.2 Å². The number of likely N-dealkylation sites (tertiary alicyclic amines) is 1. The average Bonchev–Trinajstić information content (AvgIpc) is 2.63. The van der Waals surface area contributed by atoms with Crippen molar-refractivity contribution >= 4 is 10.0 Å². The Morgan fingerprint density at radius 1 is 1.24 bits per heavy atom. The van der Waals surface area contributed by atoms with Crippen LogP contribution in [-0.2, 0) is 21.3 Å². The number of benzene rings is 1. The highest BCUT2D eigenvalue weighted by molar-refractivity contribution is 7.89. The van der Waals surface area contributed by atoms with Crippen LogP contribution in [0.2, 0.25) is 0 Å². The second kappa shape index (κ2) is 7.72. The third kappa shape index (κ3) is 4.23. The van der Waals surface area contributed by atoms with Crippen molar-refractivity contribution in [3.63, 3.8) is 0 Å². The molecule has 6 nitrogen and oxygen atoms in total. The fraction of sp³-hybridized carbons (Fsp3) is 0.667. The van der Waals surface area contributed by atoms with Gasteiger partial charge in [0.15, 0.2) is 0 Å². The van der Waals surface area contributed by atoms with Crippen LogP contribution in [0.5, 0.6) is 0 Å². The lowest BCUT2D eigenvalue weighted by atomic mass is 9.72. The molecule has 1 spiro atoms. The molecule has 2 saturated heterocycles. The molecule has 3 rings (SSSR count). The molecule has 0 aromatic heterocycles. The third-order valence-electron chi connectivity index (χ3n) is 5.72. The van der Waals surface area contributed by atoms with Gasteiger partial charge in [-0.2, -0.15) is 0 Å². The molecule has 2 aliphatic heterocycles. The molecule has 140 valence electrons. The van der Waals surface area contributed by atoms with Crippen LogP contribution in [0, 0.1) is 5.41 Å². The molecule has 1 unspecified atom stereocenters. The van der Waals surface area contributed by atoms with Crippen LogP contribution in [-0.4, -0.2) is 57.9 Å². The van der Waals surface area contributed by atoms with Gasteiger partial charge >= 0.3 is 0 Å². The quantitative estimate of drug-likeness (QED) is 0.820. The summed E-state index contributed by atoms with van der Waals surface area (Å²) in [6, 6.07) is 7.19. The number of rotatable bonds is 5. The minimum atomic E-state index is -3.40. The first-order valence-electron chi connectivity index (χ1n) is 8.93.